The van der Waals surface area contributed by atoms with Crippen molar-refractivity contribution in [3.63, 3.8) is 0 Å². The first-order valence-electron chi connectivity index (χ1n) is 9.23. The minimum Gasteiger partial charge on any atom is -0.497 e. The molecule has 1 aromatic heterocycles. The van der Waals surface area contributed by atoms with Crippen molar-refractivity contribution >= 4 is 11.7 Å². The van der Waals surface area contributed by atoms with Crippen LogP contribution in [0.5, 0.6) is 5.75 Å². The first kappa shape index (κ1) is 19.1. The van der Waals surface area contributed by atoms with Gasteiger partial charge < -0.3 is 14.2 Å². The fraction of sp³-hybridized carbons (Fsp3) is 0.500. The topological polar surface area (TPSA) is 85.5 Å². The van der Waals surface area contributed by atoms with Gasteiger partial charge in [-0.1, -0.05) is 24.4 Å². The Morgan fingerprint density at radius 1 is 1.19 bits per heavy atom. The molecule has 0 bridgehead atoms. The summed E-state index contributed by atoms with van der Waals surface area (Å²) in [6.07, 6.45) is 5.24. The number of hydrogen-bond acceptors (Lipinski definition) is 6. The van der Waals surface area contributed by atoms with Crippen LogP contribution in [0.25, 0.3) is 11.4 Å². The molecule has 144 valence electrons. The van der Waals surface area contributed by atoms with Gasteiger partial charge in [0, 0.05) is 31.1 Å². The number of aromatic nitrogens is 2. The van der Waals surface area contributed by atoms with Crippen LogP contribution in [0.1, 0.15) is 53.9 Å². The summed E-state index contributed by atoms with van der Waals surface area (Å²) in [5, 5.41) is 3.92. The first-order valence-corrected chi connectivity index (χ1v) is 9.23. The Labute approximate surface area is 158 Å². The van der Waals surface area contributed by atoms with Crippen LogP contribution in [0.15, 0.2) is 16.7 Å². The fourth-order valence-corrected chi connectivity index (χ4v) is 3.66. The predicted octanol–water partition coefficient (Wildman–Crippen LogP) is 3.34. The molecule has 7 heteroatoms. The molecule has 1 saturated carbocycles. The molecule has 3 rings (SSSR count). The number of rotatable bonds is 5. The lowest BCUT2D eigenvalue weighted by molar-refractivity contribution is -0.127. The summed E-state index contributed by atoms with van der Waals surface area (Å²) in [4.78, 5) is 31.9. The molecular formula is C20H25N3O4. The van der Waals surface area contributed by atoms with Gasteiger partial charge in [0.05, 0.1) is 7.11 Å². The van der Waals surface area contributed by atoms with Crippen LogP contribution in [-0.4, -0.2) is 46.9 Å². The normalized spacial score (nSPS) is 14.8. The molecule has 27 heavy (non-hydrogen) atoms. The van der Waals surface area contributed by atoms with Gasteiger partial charge in [-0.15, -0.1) is 0 Å². The maximum absolute atomic E-state index is 13.1. The van der Waals surface area contributed by atoms with E-state index >= 15 is 0 Å². The van der Waals surface area contributed by atoms with Crippen LogP contribution in [0, 0.1) is 13.8 Å². The van der Waals surface area contributed by atoms with Crippen LogP contribution in [0.4, 0.5) is 0 Å². The molecule has 0 aliphatic heterocycles. The summed E-state index contributed by atoms with van der Waals surface area (Å²) in [6, 6.07) is 3.51. The van der Waals surface area contributed by atoms with Gasteiger partial charge in [-0.2, -0.15) is 4.98 Å². The van der Waals surface area contributed by atoms with E-state index in [0.29, 0.717) is 28.3 Å². The third kappa shape index (κ3) is 3.86. The Balaban J connectivity index is 1.99. The summed E-state index contributed by atoms with van der Waals surface area (Å²) in [7, 11) is 3.26. The van der Waals surface area contributed by atoms with Crippen LogP contribution in [-0.2, 0) is 4.79 Å². The van der Waals surface area contributed by atoms with E-state index in [1.165, 1.54) is 6.42 Å². The Kier molecular flexibility index (Phi) is 5.58. The van der Waals surface area contributed by atoms with Crippen LogP contribution < -0.4 is 4.74 Å². The summed E-state index contributed by atoms with van der Waals surface area (Å²) >= 11 is 0. The summed E-state index contributed by atoms with van der Waals surface area (Å²) in [5.41, 5.74) is 1.38. The van der Waals surface area contributed by atoms with Gasteiger partial charge in [-0.05, 0) is 37.5 Å². The molecule has 1 aliphatic rings. The number of hydrogen-bond donors (Lipinski definition) is 0. The van der Waals surface area contributed by atoms with E-state index in [4.69, 9.17) is 9.26 Å². The Morgan fingerprint density at radius 3 is 2.48 bits per heavy atom. The maximum atomic E-state index is 13.1. The first-order chi connectivity index (χ1) is 12.9. The van der Waals surface area contributed by atoms with E-state index < -0.39 is 11.7 Å². The average molecular weight is 371 g/mol. The van der Waals surface area contributed by atoms with Crippen LogP contribution >= 0.6 is 0 Å². The Bertz CT molecular complexity index is 853. The molecule has 0 N–H and O–H groups in total. The van der Waals surface area contributed by atoms with Gasteiger partial charge in [0.1, 0.15) is 5.75 Å². The molecule has 0 spiro atoms. The number of carbonyl (C=O) groups excluding carboxylic acids is 2. The summed E-state index contributed by atoms with van der Waals surface area (Å²) < 4.78 is 10.4. The molecule has 1 aliphatic carbocycles. The van der Waals surface area contributed by atoms with Gasteiger partial charge >= 0.3 is 0 Å². The number of likely N-dealkylation sites (N-methyl/N-ethyl adjacent to an activating group) is 1. The number of aryl methyl sites for hydroxylation is 2. The molecular weight excluding hydrogens is 346 g/mol. The lowest BCUT2D eigenvalue weighted by atomic mass is 9.92. The smallest absolute Gasteiger partial charge is 0.294 e. The van der Waals surface area contributed by atoms with E-state index in [9.17, 15) is 9.59 Å². The van der Waals surface area contributed by atoms with E-state index in [1.807, 2.05) is 0 Å². The van der Waals surface area contributed by atoms with E-state index in [0.717, 1.165) is 25.7 Å². The highest BCUT2D eigenvalue weighted by Gasteiger charge is 2.31. The molecule has 0 radical (unpaired) electrons. The number of carbonyl (C=O) groups is 2. The molecule has 1 aromatic carbocycles. The molecule has 0 saturated heterocycles. The maximum Gasteiger partial charge on any atom is 0.294 e. The van der Waals surface area contributed by atoms with Crippen LogP contribution in [0.3, 0.4) is 0 Å². The number of nitrogens with zero attached hydrogens (tertiary/aromatic N) is 3. The Morgan fingerprint density at radius 2 is 1.89 bits per heavy atom. The molecule has 7 nitrogen and oxygen atoms in total. The predicted molar refractivity (Wildman–Crippen MR) is 99.7 cm³/mol. The van der Waals surface area contributed by atoms with Gasteiger partial charge in [0.15, 0.2) is 0 Å². The van der Waals surface area contributed by atoms with Crippen molar-refractivity contribution in [3.05, 3.63) is 29.2 Å². The summed E-state index contributed by atoms with van der Waals surface area (Å²) in [6.45, 7) is 3.45. The second-order valence-corrected chi connectivity index (χ2v) is 7.04. The lowest BCUT2D eigenvalue weighted by Crippen LogP contribution is -2.42. The van der Waals surface area contributed by atoms with Crippen molar-refractivity contribution in [1.82, 2.24) is 15.0 Å². The van der Waals surface area contributed by atoms with Gasteiger partial charge in [0.25, 0.3) is 11.7 Å². The standard InChI is InChI=1S/C20H25N3O4/c1-12-10-15(26-4)11-16(19-21-13(2)27-22-19)17(12)18(24)20(25)23(3)14-8-6-5-7-9-14/h10-11,14H,5-9H2,1-4H3. The molecule has 1 amide bonds. The highest BCUT2D eigenvalue weighted by Crippen LogP contribution is 2.31. The third-order valence-corrected chi connectivity index (χ3v) is 5.18. The van der Waals surface area contributed by atoms with Crippen molar-refractivity contribution in [2.75, 3.05) is 14.2 Å². The van der Waals surface area contributed by atoms with Crippen molar-refractivity contribution in [2.24, 2.45) is 0 Å². The van der Waals surface area contributed by atoms with Crippen molar-refractivity contribution in [1.29, 1.82) is 0 Å². The number of Topliss-reactive ketones (excluding diaryl/α,β-unsaturated/α-hetero) is 1. The number of benzene rings is 1. The molecule has 1 fully saturated rings. The molecule has 2 aromatic rings. The second-order valence-electron chi connectivity index (χ2n) is 7.04. The molecule has 0 unspecified atom stereocenters. The number of amides is 1. The van der Waals surface area contributed by atoms with Gasteiger partial charge in [-0.25, -0.2) is 0 Å². The fourth-order valence-electron chi connectivity index (χ4n) is 3.66. The lowest BCUT2D eigenvalue weighted by Gasteiger charge is -2.31. The van der Waals surface area contributed by atoms with E-state index in [2.05, 4.69) is 10.1 Å². The molecule has 1 heterocycles. The largest absolute Gasteiger partial charge is 0.497 e. The number of ketones is 1. The van der Waals surface area contributed by atoms with E-state index in [1.54, 1.807) is 45.0 Å². The van der Waals surface area contributed by atoms with Crippen molar-refractivity contribution in [3.8, 4) is 17.1 Å². The SMILES string of the molecule is COc1cc(C)c(C(=O)C(=O)N(C)C2CCCCC2)c(-c2noc(C)n2)c1. The second kappa shape index (κ2) is 7.90. The van der Waals surface area contributed by atoms with Gasteiger partial charge in [-0.3, -0.25) is 9.59 Å². The minimum atomic E-state index is -0.555. The van der Waals surface area contributed by atoms with E-state index in [-0.39, 0.29) is 11.9 Å². The summed E-state index contributed by atoms with van der Waals surface area (Å²) in [5.74, 6) is 0.160. The van der Waals surface area contributed by atoms with Crippen molar-refractivity contribution in [2.45, 2.75) is 52.0 Å². The average Bonchev–Trinajstić information content (AvgIpc) is 3.12. The zero-order chi connectivity index (χ0) is 19.6. The zero-order valence-corrected chi connectivity index (χ0v) is 16.2. The van der Waals surface area contributed by atoms with Gasteiger partial charge in [0.2, 0.25) is 11.7 Å². The number of methoxy groups -OCH3 is 1. The van der Waals surface area contributed by atoms with Crippen LogP contribution in [0.2, 0.25) is 0 Å². The highest BCUT2D eigenvalue weighted by molar-refractivity contribution is 6.44. The minimum absolute atomic E-state index is 0.115. The quantitative estimate of drug-likeness (QED) is 0.592. The monoisotopic (exact) mass is 371 g/mol. The number of ether oxygens (including phenoxy) is 1. The third-order valence-electron chi connectivity index (χ3n) is 5.18. The highest BCUT2D eigenvalue weighted by atomic mass is 16.5. The van der Waals surface area contributed by atoms with Crippen molar-refractivity contribution < 1.29 is 18.8 Å². The zero-order valence-electron chi connectivity index (χ0n) is 16.2. The Hall–Kier alpha value is -2.70. The molecule has 0 atom stereocenters.